The van der Waals surface area contributed by atoms with Crippen molar-refractivity contribution >= 4 is 29.3 Å². The van der Waals surface area contributed by atoms with Crippen LogP contribution in [-0.2, 0) is 0 Å². The molecule has 0 aliphatic carbocycles. The second-order valence-electron chi connectivity index (χ2n) is 6.22. The van der Waals surface area contributed by atoms with Gasteiger partial charge in [-0.05, 0) is 48.9 Å². The fourth-order valence-corrected chi connectivity index (χ4v) is 2.75. The lowest BCUT2D eigenvalue weighted by Crippen LogP contribution is -2.24. The Balaban J connectivity index is 1.72. The van der Waals surface area contributed by atoms with E-state index >= 15 is 0 Å². The Morgan fingerprint density at radius 1 is 0.889 bits per heavy atom. The van der Waals surface area contributed by atoms with E-state index in [-0.39, 0.29) is 22.9 Å². The third-order valence-electron chi connectivity index (χ3n) is 4.29. The minimum absolute atomic E-state index is 0.166. The molecule has 0 aromatic heterocycles. The largest absolute Gasteiger partial charge is 0.352 e. The van der Waals surface area contributed by atoms with Gasteiger partial charge in [0.05, 0.1) is 11.1 Å². The van der Waals surface area contributed by atoms with E-state index in [4.69, 9.17) is 0 Å². The number of benzene rings is 2. The van der Waals surface area contributed by atoms with E-state index in [2.05, 4.69) is 10.6 Å². The molecule has 7 heteroatoms. The number of carbonyl (C=O) groups is 4. The molecule has 0 unspecified atom stereocenters. The normalized spacial score (nSPS) is 12.7. The number of anilines is 1. The quantitative estimate of drug-likeness (QED) is 0.795. The van der Waals surface area contributed by atoms with Crippen LogP contribution >= 0.6 is 0 Å². The maximum atomic E-state index is 12.4. The van der Waals surface area contributed by atoms with Crippen LogP contribution in [0.3, 0.4) is 0 Å². The Morgan fingerprint density at radius 2 is 1.52 bits per heavy atom. The van der Waals surface area contributed by atoms with Crippen LogP contribution in [0.4, 0.5) is 5.69 Å². The molecule has 0 saturated heterocycles. The minimum atomic E-state index is -0.424. The molecule has 0 saturated carbocycles. The van der Waals surface area contributed by atoms with Gasteiger partial charge < -0.3 is 10.6 Å². The van der Waals surface area contributed by atoms with Gasteiger partial charge in [0.2, 0.25) is 0 Å². The summed E-state index contributed by atoms with van der Waals surface area (Å²) < 4.78 is 0. The molecule has 2 N–H and O–H groups in total. The maximum Gasteiger partial charge on any atom is 0.261 e. The van der Waals surface area contributed by atoms with E-state index in [1.807, 2.05) is 6.92 Å². The van der Waals surface area contributed by atoms with Crippen LogP contribution in [0.5, 0.6) is 0 Å². The molecule has 0 spiro atoms. The summed E-state index contributed by atoms with van der Waals surface area (Å²) >= 11 is 0. The molecular formula is C20H19N3O4. The number of hydrogen-bond acceptors (Lipinski definition) is 4. The summed E-state index contributed by atoms with van der Waals surface area (Å²) in [6.45, 7) is 2.57. The van der Waals surface area contributed by atoms with Gasteiger partial charge in [-0.1, -0.05) is 6.92 Å². The van der Waals surface area contributed by atoms with E-state index < -0.39 is 11.8 Å². The Kier molecular flexibility index (Phi) is 5.03. The molecule has 2 aromatic rings. The molecule has 138 valence electrons. The summed E-state index contributed by atoms with van der Waals surface area (Å²) in [5, 5.41) is 5.50. The number of fused-ring (bicyclic) bond motifs is 1. The monoisotopic (exact) mass is 365 g/mol. The summed E-state index contributed by atoms with van der Waals surface area (Å²) in [5.41, 5.74) is 1.81. The van der Waals surface area contributed by atoms with Crippen LogP contribution < -0.4 is 10.6 Å². The SMILES string of the molecule is CCCNC(=O)c1ccc(NC(=O)c2ccc3c(c2)C(=O)N(C)C3=O)cc1. The molecule has 2 aromatic carbocycles. The zero-order chi connectivity index (χ0) is 19.6. The molecule has 27 heavy (non-hydrogen) atoms. The van der Waals surface area contributed by atoms with Gasteiger partial charge in [0.25, 0.3) is 23.6 Å². The van der Waals surface area contributed by atoms with Crippen LogP contribution in [0.15, 0.2) is 42.5 Å². The fraction of sp³-hybridized carbons (Fsp3) is 0.200. The van der Waals surface area contributed by atoms with Crippen molar-refractivity contribution in [2.75, 3.05) is 18.9 Å². The molecule has 1 heterocycles. The van der Waals surface area contributed by atoms with Gasteiger partial charge in [-0.3, -0.25) is 24.1 Å². The second kappa shape index (κ2) is 7.41. The minimum Gasteiger partial charge on any atom is -0.352 e. The molecule has 0 bridgehead atoms. The van der Waals surface area contributed by atoms with Crippen LogP contribution in [0.25, 0.3) is 0 Å². The highest BCUT2D eigenvalue weighted by molar-refractivity contribution is 6.22. The van der Waals surface area contributed by atoms with Crippen molar-refractivity contribution in [2.45, 2.75) is 13.3 Å². The number of rotatable bonds is 5. The average Bonchev–Trinajstić information content (AvgIpc) is 2.90. The van der Waals surface area contributed by atoms with Gasteiger partial charge >= 0.3 is 0 Å². The lowest BCUT2D eigenvalue weighted by Gasteiger charge is -2.08. The average molecular weight is 365 g/mol. The standard InChI is InChI=1S/C20H19N3O4/c1-3-10-21-17(24)12-4-7-14(8-5-12)22-18(25)13-6-9-15-16(11-13)20(27)23(2)19(15)26/h4-9,11H,3,10H2,1-2H3,(H,21,24)(H,22,25). The fourth-order valence-electron chi connectivity index (χ4n) is 2.75. The summed E-state index contributed by atoms with van der Waals surface area (Å²) in [7, 11) is 1.41. The van der Waals surface area contributed by atoms with Crippen LogP contribution in [0, 0.1) is 0 Å². The molecule has 7 nitrogen and oxygen atoms in total. The third kappa shape index (κ3) is 3.57. The first-order chi connectivity index (χ1) is 12.9. The number of amides is 4. The van der Waals surface area contributed by atoms with Gasteiger partial charge in [-0.2, -0.15) is 0 Å². The van der Waals surface area contributed by atoms with E-state index in [0.717, 1.165) is 11.3 Å². The van der Waals surface area contributed by atoms with E-state index in [0.29, 0.717) is 23.4 Å². The Morgan fingerprint density at radius 3 is 2.19 bits per heavy atom. The number of nitrogens with zero attached hydrogens (tertiary/aromatic N) is 1. The Hall–Kier alpha value is -3.48. The highest BCUT2D eigenvalue weighted by Crippen LogP contribution is 2.23. The lowest BCUT2D eigenvalue weighted by molar-refractivity contribution is 0.0692. The highest BCUT2D eigenvalue weighted by Gasteiger charge is 2.33. The first kappa shape index (κ1) is 18.3. The van der Waals surface area contributed by atoms with Crippen LogP contribution in [0.2, 0.25) is 0 Å². The lowest BCUT2D eigenvalue weighted by atomic mass is 10.1. The van der Waals surface area contributed by atoms with E-state index in [1.165, 1.54) is 25.2 Å². The van der Waals surface area contributed by atoms with Crippen molar-refractivity contribution in [1.82, 2.24) is 10.2 Å². The number of imide groups is 1. The first-order valence-electron chi connectivity index (χ1n) is 8.58. The molecular weight excluding hydrogens is 346 g/mol. The van der Waals surface area contributed by atoms with Crippen LogP contribution in [-0.4, -0.2) is 42.1 Å². The zero-order valence-electron chi connectivity index (χ0n) is 15.0. The van der Waals surface area contributed by atoms with E-state index in [1.54, 1.807) is 24.3 Å². The Labute approximate surface area is 156 Å². The first-order valence-corrected chi connectivity index (χ1v) is 8.58. The van der Waals surface area contributed by atoms with Gasteiger partial charge in [0.1, 0.15) is 0 Å². The molecule has 3 rings (SSSR count). The van der Waals surface area contributed by atoms with Gasteiger partial charge in [0, 0.05) is 30.4 Å². The molecule has 1 aliphatic rings. The number of carbonyl (C=O) groups excluding carboxylic acids is 4. The molecule has 0 radical (unpaired) electrons. The maximum absolute atomic E-state index is 12.4. The van der Waals surface area contributed by atoms with Gasteiger partial charge in [0.15, 0.2) is 0 Å². The van der Waals surface area contributed by atoms with Crippen molar-refractivity contribution in [1.29, 1.82) is 0 Å². The van der Waals surface area contributed by atoms with Crippen molar-refractivity contribution in [3.63, 3.8) is 0 Å². The van der Waals surface area contributed by atoms with E-state index in [9.17, 15) is 19.2 Å². The summed E-state index contributed by atoms with van der Waals surface area (Å²) in [5.74, 6) is -1.37. The predicted molar refractivity (Wildman–Crippen MR) is 99.9 cm³/mol. The molecule has 4 amide bonds. The molecule has 0 fully saturated rings. The zero-order valence-corrected chi connectivity index (χ0v) is 15.0. The summed E-state index contributed by atoms with van der Waals surface area (Å²) in [6.07, 6.45) is 0.852. The van der Waals surface area contributed by atoms with Crippen molar-refractivity contribution in [3.05, 3.63) is 64.7 Å². The third-order valence-corrected chi connectivity index (χ3v) is 4.29. The van der Waals surface area contributed by atoms with Gasteiger partial charge in [-0.25, -0.2) is 0 Å². The van der Waals surface area contributed by atoms with Gasteiger partial charge in [-0.15, -0.1) is 0 Å². The van der Waals surface area contributed by atoms with Crippen LogP contribution in [0.1, 0.15) is 54.8 Å². The topological polar surface area (TPSA) is 95.6 Å². The number of nitrogens with one attached hydrogen (secondary N) is 2. The smallest absolute Gasteiger partial charge is 0.261 e. The molecule has 0 atom stereocenters. The Bertz CT molecular complexity index is 935. The molecule has 1 aliphatic heterocycles. The summed E-state index contributed by atoms with van der Waals surface area (Å²) in [6, 6.07) is 10.9. The van der Waals surface area contributed by atoms with Crippen molar-refractivity contribution in [2.24, 2.45) is 0 Å². The number of hydrogen-bond donors (Lipinski definition) is 2. The predicted octanol–water partition coefficient (Wildman–Crippen LogP) is 2.30. The summed E-state index contributed by atoms with van der Waals surface area (Å²) in [4.78, 5) is 49.3. The highest BCUT2D eigenvalue weighted by atomic mass is 16.2. The van der Waals surface area contributed by atoms with Crippen molar-refractivity contribution < 1.29 is 19.2 Å². The second-order valence-corrected chi connectivity index (χ2v) is 6.22. The van der Waals surface area contributed by atoms with Crippen molar-refractivity contribution in [3.8, 4) is 0 Å².